The molecule has 46 valence electrons. The number of halogens is 2. The van der Waals surface area contributed by atoms with E-state index in [9.17, 15) is 8.78 Å². The number of aliphatic imine (C=N–C) groups is 1. The highest BCUT2D eigenvalue weighted by Gasteiger charge is 2.22. The van der Waals surface area contributed by atoms with Gasteiger partial charge in [0, 0.05) is 0 Å². The molecule has 8 heavy (non-hydrogen) atoms. The lowest BCUT2D eigenvalue weighted by molar-refractivity contribution is 0.0157. The predicted molar refractivity (Wildman–Crippen MR) is 29.3 cm³/mol. The highest BCUT2D eigenvalue weighted by molar-refractivity contribution is 5.24. The number of alkyl halides is 2. The third-order valence-electron chi connectivity index (χ3n) is 0.621. The molecular formula is C5H7F2N. The van der Waals surface area contributed by atoms with Gasteiger partial charge < -0.3 is 0 Å². The molecule has 0 fully saturated rings. The van der Waals surface area contributed by atoms with Crippen molar-refractivity contribution >= 4 is 6.72 Å². The lowest BCUT2D eigenvalue weighted by Crippen LogP contribution is -2.08. The van der Waals surface area contributed by atoms with E-state index in [4.69, 9.17) is 0 Å². The van der Waals surface area contributed by atoms with E-state index < -0.39 is 12.5 Å². The van der Waals surface area contributed by atoms with E-state index in [0.29, 0.717) is 0 Å². The Morgan fingerprint density at radius 2 is 2.12 bits per heavy atom. The molecule has 0 aromatic carbocycles. The molecule has 0 aromatic heterocycles. The molecule has 1 nitrogen and oxygen atoms in total. The van der Waals surface area contributed by atoms with E-state index in [1.165, 1.54) is 0 Å². The zero-order valence-electron chi connectivity index (χ0n) is 4.40. The van der Waals surface area contributed by atoms with Crippen molar-refractivity contribution in [1.82, 2.24) is 0 Å². The molecule has 0 radical (unpaired) electrons. The molecule has 0 saturated carbocycles. The van der Waals surface area contributed by atoms with E-state index in [2.05, 4.69) is 18.3 Å². The quantitative estimate of drug-likeness (QED) is 0.305. The van der Waals surface area contributed by atoms with Crippen LogP contribution in [0.5, 0.6) is 0 Å². The molecule has 0 saturated heterocycles. The van der Waals surface area contributed by atoms with Crippen LogP contribution in [-0.2, 0) is 0 Å². The smallest absolute Gasteiger partial charge is 0.233 e. The molecule has 0 unspecified atom stereocenters. The molecule has 0 spiro atoms. The van der Waals surface area contributed by atoms with Gasteiger partial charge in [0.25, 0.3) is 0 Å². The highest BCUT2D eigenvalue weighted by atomic mass is 19.3. The van der Waals surface area contributed by atoms with Crippen LogP contribution < -0.4 is 0 Å². The zero-order chi connectivity index (χ0) is 6.62. The maximum absolute atomic E-state index is 11.9. The monoisotopic (exact) mass is 119 g/mol. The summed E-state index contributed by atoms with van der Waals surface area (Å²) in [6, 6.07) is -3.01. The Bertz CT molecular complexity index is 98.6. The van der Waals surface area contributed by atoms with Crippen molar-refractivity contribution in [3.05, 3.63) is 12.7 Å². The lowest BCUT2D eigenvalue weighted by Gasteiger charge is -2.04. The van der Waals surface area contributed by atoms with Crippen LogP contribution in [0, 0.1) is 0 Å². The Balaban J connectivity index is 3.70. The largest absolute Gasteiger partial charge is 0.344 e. The summed E-state index contributed by atoms with van der Waals surface area (Å²) in [5.74, 6) is 0. The van der Waals surface area contributed by atoms with Gasteiger partial charge in [0.05, 0.1) is 6.42 Å². The second-order valence-corrected chi connectivity index (χ2v) is 1.32. The second kappa shape index (κ2) is 2.55. The van der Waals surface area contributed by atoms with Crippen molar-refractivity contribution in [3.8, 4) is 0 Å². The summed E-state index contributed by atoms with van der Waals surface area (Å²) >= 11 is 0. The van der Waals surface area contributed by atoms with Crippen LogP contribution in [0.1, 0.15) is 6.42 Å². The molecule has 0 N–H and O–H groups in total. The van der Waals surface area contributed by atoms with Gasteiger partial charge in [-0.3, -0.25) is 0 Å². The van der Waals surface area contributed by atoms with Crippen LogP contribution in [0.2, 0.25) is 0 Å². The first kappa shape index (κ1) is 7.27. The van der Waals surface area contributed by atoms with E-state index in [0.717, 1.165) is 6.08 Å². The van der Waals surface area contributed by atoms with Gasteiger partial charge in [0.1, 0.15) is 0 Å². The maximum Gasteiger partial charge on any atom is 0.344 e. The van der Waals surface area contributed by atoms with Crippen molar-refractivity contribution in [1.29, 1.82) is 0 Å². The SMILES string of the molecule is C=CCC(F)(F)N=C. The van der Waals surface area contributed by atoms with Crippen LogP contribution in [0.15, 0.2) is 17.6 Å². The summed E-state index contributed by atoms with van der Waals surface area (Å²) in [4.78, 5) is 2.56. The summed E-state index contributed by atoms with van der Waals surface area (Å²) in [5, 5.41) is 0. The van der Waals surface area contributed by atoms with E-state index in [1.54, 1.807) is 0 Å². The Morgan fingerprint density at radius 1 is 1.62 bits per heavy atom. The summed E-state index contributed by atoms with van der Waals surface area (Å²) in [7, 11) is 0. The molecule has 0 bridgehead atoms. The van der Waals surface area contributed by atoms with Crippen molar-refractivity contribution in [2.24, 2.45) is 4.99 Å². The molecule has 0 aliphatic carbocycles. The van der Waals surface area contributed by atoms with Crippen LogP contribution >= 0.6 is 0 Å². The average molecular weight is 119 g/mol. The van der Waals surface area contributed by atoms with Crippen molar-refractivity contribution in [2.75, 3.05) is 0 Å². The summed E-state index contributed by atoms with van der Waals surface area (Å²) in [6.07, 6.45) is 0.672. The fraction of sp³-hybridized carbons (Fsp3) is 0.400. The zero-order valence-corrected chi connectivity index (χ0v) is 4.40. The van der Waals surface area contributed by atoms with Gasteiger partial charge in [0.15, 0.2) is 0 Å². The van der Waals surface area contributed by atoms with Gasteiger partial charge in [-0.25, -0.2) is 4.99 Å². The summed E-state index contributed by atoms with van der Waals surface area (Å²) in [6.45, 7) is 5.83. The maximum atomic E-state index is 11.9. The van der Waals surface area contributed by atoms with E-state index in [1.807, 2.05) is 0 Å². The van der Waals surface area contributed by atoms with E-state index >= 15 is 0 Å². The standard InChI is InChI=1S/C5H7F2N/c1-3-4-5(6,7)8-2/h3H,1-2,4H2. The normalized spacial score (nSPS) is 10.8. The van der Waals surface area contributed by atoms with Crippen LogP contribution in [0.25, 0.3) is 0 Å². The molecule has 0 aliphatic heterocycles. The van der Waals surface area contributed by atoms with Crippen molar-refractivity contribution < 1.29 is 8.78 Å². The highest BCUT2D eigenvalue weighted by Crippen LogP contribution is 2.18. The fourth-order valence-electron chi connectivity index (χ4n) is 0.238. The molecule has 0 atom stereocenters. The van der Waals surface area contributed by atoms with Crippen molar-refractivity contribution in [3.63, 3.8) is 0 Å². The number of hydrogen-bond donors (Lipinski definition) is 0. The van der Waals surface area contributed by atoms with Crippen molar-refractivity contribution in [2.45, 2.75) is 12.5 Å². The van der Waals surface area contributed by atoms with Gasteiger partial charge in [-0.1, -0.05) is 6.08 Å². The molecule has 0 aliphatic rings. The number of rotatable bonds is 3. The van der Waals surface area contributed by atoms with Crippen LogP contribution in [0.4, 0.5) is 8.78 Å². The molecular weight excluding hydrogens is 112 g/mol. The van der Waals surface area contributed by atoms with Crippen LogP contribution in [0.3, 0.4) is 0 Å². The molecule has 3 heteroatoms. The third-order valence-corrected chi connectivity index (χ3v) is 0.621. The average Bonchev–Trinajstić information content (AvgIpc) is 1.67. The third kappa shape index (κ3) is 2.44. The first-order valence-corrected chi connectivity index (χ1v) is 2.09. The summed E-state index contributed by atoms with van der Waals surface area (Å²) < 4.78 is 23.7. The minimum Gasteiger partial charge on any atom is -0.233 e. The Morgan fingerprint density at radius 3 is 2.25 bits per heavy atom. The first-order valence-electron chi connectivity index (χ1n) is 2.09. The number of nitrogens with zero attached hydrogens (tertiary/aromatic N) is 1. The van der Waals surface area contributed by atoms with Gasteiger partial charge >= 0.3 is 6.05 Å². The minimum absolute atomic E-state index is 0.434. The molecule has 0 amide bonds. The van der Waals surface area contributed by atoms with Gasteiger partial charge in [-0.05, 0) is 6.72 Å². The number of hydrogen-bond acceptors (Lipinski definition) is 1. The Hall–Kier alpha value is -0.730. The molecule has 0 heterocycles. The van der Waals surface area contributed by atoms with Gasteiger partial charge in [-0.15, -0.1) is 6.58 Å². The Kier molecular flexibility index (Phi) is 2.31. The molecule has 0 rings (SSSR count). The van der Waals surface area contributed by atoms with E-state index in [-0.39, 0.29) is 0 Å². The first-order chi connectivity index (χ1) is 3.62. The predicted octanol–water partition coefficient (Wildman–Crippen LogP) is 1.86. The Labute approximate surface area is 46.7 Å². The topological polar surface area (TPSA) is 12.4 Å². The molecule has 0 aromatic rings. The van der Waals surface area contributed by atoms with Crippen LogP contribution in [-0.4, -0.2) is 12.8 Å². The lowest BCUT2D eigenvalue weighted by atomic mass is 10.4. The second-order valence-electron chi connectivity index (χ2n) is 1.32. The summed E-state index contributed by atoms with van der Waals surface area (Å²) in [5.41, 5.74) is 0. The minimum atomic E-state index is -3.01. The van der Waals surface area contributed by atoms with Gasteiger partial charge in [0.2, 0.25) is 0 Å². The fourth-order valence-corrected chi connectivity index (χ4v) is 0.238. The van der Waals surface area contributed by atoms with Gasteiger partial charge in [-0.2, -0.15) is 8.78 Å².